The molecule has 5 atom stereocenters. The van der Waals surface area contributed by atoms with Crippen molar-refractivity contribution in [1.29, 1.82) is 0 Å². The van der Waals surface area contributed by atoms with Crippen LogP contribution in [0.15, 0.2) is 10.2 Å². The van der Waals surface area contributed by atoms with E-state index in [1.54, 1.807) is 0 Å². The van der Waals surface area contributed by atoms with Crippen molar-refractivity contribution in [2.24, 2.45) is 0 Å². The molecule has 0 aliphatic rings. The third kappa shape index (κ3) is 7.00. The first-order valence-electron chi connectivity index (χ1n) is 4.08. The molecule has 0 radical (unpaired) electrons. The molecule has 3 nitrogen and oxygen atoms in total. The summed E-state index contributed by atoms with van der Waals surface area (Å²) in [5.74, 6) is 0. The van der Waals surface area contributed by atoms with Crippen LogP contribution in [0.5, 0.6) is 0 Å². The average molecular weight is 368 g/mol. The van der Waals surface area contributed by atoms with Gasteiger partial charge in [0.15, 0.2) is 0 Å². The van der Waals surface area contributed by atoms with Gasteiger partial charge in [0.25, 0.3) is 0 Å². The van der Waals surface area contributed by atoms with Gasteiger partial charge in [0.05, 0.1) is 12.7 Å². The van der Waals surface area contributed by atoms with Crippen molar-refractivity contribution in [1.82, 2.24) is 0 Å². The smallest absolute Gasteiger partial charge is 0.111 e. The normalized spacial score (nSPS) is 16.0. The highest BCUT2D eigenvalue weighted by molar-refractivity contribution is 14.1. The Balaban J connectivity index is 3.93. The van der Waals surface area contributed by atoms with E-state index in [0.29, 0.717) is 6.61 Å². The van der Waals surface area contributed by atoms with Gasteiger partial charge in [0.2, 0.25) is 0 Å². The van der Waals surface area contributed by atoms with Crippen LogP contribution >= 0.6 is 51.0 Å². The lowest BCUT2D eigenvalue weighted by Gasteiger charge is -2.23. The molecule has 0 aliphatic carbocycles. The van der Waals surface area contributed by atoms with Gasteiger partial charge in [0.1, 0.15) is 6.10 Å². The second kappa shape index (κ2) is 11.1. The third-order valence-electron chi connectivity index (χ3n) is 1.73. The fourth-order valence-electron chi connectivity index (χ4n) is 0.994. The van der Waals surface area contributed by atoms with Crippen molar-refractivity contribution in [2.45, 2.75) is 25.0 Å². The molecule has 0 bridgehead atoms. The van der Waals surface area contributed by atoms with E-state index in [0.717, 1.165) is 12.8 Å². The zero-order chi connectivity index (χ0) is 10.8. The van der Waals surface area contributed by atoms with Crippen molar-refractivity contribution < 1.29 is 13.6 Å². The Morgan fingerprint density at radius 3 is 2.21 bits per heavy atom. The highest BCUT2D eigenvalue weighted by Crippen LogP contribution is 2.17. The molecule has 0 fully saturated rings. The van der Waals surface area contributed by atoms with Crippen LogP contribution in [-0.4, -0.2) is 18.8 Å². The van der Waals surface area contributed by atoms with Crippen molar-refractivity contribution in [2.75, 3.05) is 6.61 Å². The number of rotatable bonds is 8. The van der Waals surface area contributed by atoms with Gasteiger partial charge in [0, 0.05) is 28.4 Å². The SMILES string of the molecule is POC[C@@H](OP)[C@@H](CC/C=C/I)OP. The molecule has 0 spiro atoms. The molecule has 0 aromatic carbocycles. The largest absolute Gasteiger partial charge is 0.363 e. The van der Waals surface area contributed by atoms with E-state index in [2.05, 4.69) is 57.1 Å². The minimum absolute atomic E-state index is 0.0330. The van der Waals surface area contributed by atoms with E-state index in [-0.39, 0.29) is 12.2 Å². The third-order valence-corrected chi connectivity index (χ3v) is 3.13. The van der Waals surface area contributed by atoms with Crippen LogP contribution in [0.1, 0.15) is 12.8 Å². The van der Waals surface area contributed by atoms with Crippen LogP contribution in [0, 0.1) is 0 Å². The first kappa shape index (κ1) is 15.6. The molecule has 0 saturated heterocycles. The van der Waals surface area contributed by atoms with Crippen molar-refractivity contribution >= 4 is 51.0 Å². The summed E-state index contributed by atoms with van der Waals surface area (Å²) in [5.41, 5.74) is 0. The predicted octanol–water partition coefficient (Wildman–Crippen LogP) is 2.87. The Hall–Kier alpha value is 1.64. The van der Waals surface area contributed by atoms with Gasteiger partial charge < -0.3 is 13.6 Å². The lowest BCUT2D eigenvalue weighted by molar-refractivity contribution is 0.0462. The monoisotopic (exact) mass is 368 g/mol. The molecule has 14 heavy (non-hydrogen) atoms. The van der Waals surface area contributed by atoms with Crippen LogP contribution in [0.2, 0.25) is 0 Å². The summed E-state index contributed by atoms with van der Waals surface area (Å²) >= 11 is 2.20. The van der Waals surface area contributed by atoms with Gasteiger partial charge in [-0.1, -0.05) is 28.7 Å². The van der Waals surface area contributed by atoms with Gasteiger partial charge in [-0.2, -0.15) is 0 Å². The molecule has 0 saturated carbocycles. The molecule has 0 aromatic rings. The topological polar surface area (TPSA) is 27.7 Å². The summed E-state index contributed by atoms with van der Waals surface area (Å²) in [6.07, 6.45) is 3.96. The Kier molecular flexibility index (Phi) is 12.4. The summed E-state index contributed by atoms with van der Waals surface area (Å²) in [6.45, 7) is 0.501. The average Bonchev–Trinajstić information content (AvgIpc) is 2.22. The van der Waals surface area contributed by atoms with E-state index in [4.69, 9.17) is 13.6 Å². The highest BCUT2D eigenvalue weighted by Gasteiger charge is 2.20. The Labute approximate surface area is 106 Å². The minimum atomic E-state index is -0.0578. The van der Waals surface area contributed by atoms with Gasteiger partial charge >= 0.3 is 0 Å². The van der Waals surface area contributed by atoms with Crippen molar-refractivity contribution in [3.05, 3.63) is 10.2 Å². The lowest BCUT2D eigenvalue weighted by atomic mass is 10.1. The number of halogens is 1. The van der Waals surface area contributed by atoms with Gasteiger partial charge in [-0.25, -0.2) is 0 Å². The predicted molar refractivity (Wildman–Crippen MR) is 77.2 cm³/mol. The molecular formula is C7H16IO3P3. The van der Waals surface area contributed by atoms with E-state index in [1.807, 2.05) is 4.08 Å². The van der Waals surface area contributed by atoms with Crippen LogP contribution < -0.4 is 0 Å². The molecule has 0 aromatic heterocycles. The number of allylic oxidation sites excluding steroid dienone is 1. The maximum Gasteiger partial charge on any atom is 0.111 e. The second-order valence-corrected chi connectivity index (χ2v) is 4.22. The summed E-state index contributed by atoms with van der Waals surface area (Å²) in [4.78, 5) is 0. The Bertz CT molecular complexity index is 159. The number of hydrogen-bond acceptors (Lipinski definition) is 3. The first-order valence-corrected chi connectivity index (χ1v) is 6.74. The number of hydrogen-bond donors (Lipinski definition) is 0. The standard InChI is InChI=1S/C7H16IO3P3/c8-4-2-1-3-6(10-13)7(11-14)5-9-12/h2,4,6-7H,1,3,5,12-14H2/b4-2+/t6-,7-/m1/s1. The lowest BCUT2D eigenvalue weighted by Crippen LogP contribution is -2.30. The summed E-state index contributed by atoms with van der Waals surface area (Å²) < 4.78 is 17.4. The van der Waals surface area contributed by atoms with Crippen molar-refractivity contribution in [3.63, 3.8) is 0 Å². The van der Waals surface area contributed by atoms with Gasteiger partial charge in [-0.3, -0.25) is 0 Å². The second-order valence-electron chi connectivity index (χ2n) is 2.62. The van der Waals surface area contributed by atoms with Crippen LogP contribution in [0.3, 0.4) is 0 Å². The molecular weight excluding hydrogens is 352 g/mol. The van der Waals surface area contributed by atoms with E-state index >= 15 is 0 Å². The van der Waals surface area contributed by atoms with Crippen molar-refractivity contribution in [3.8, 4) is 0 Å². The molecule has 0 rings (SSSR count). The minimum Gasteiger partial charge on any atom is -0.363 e. The zero-order valence-electron chi connectivity index (χ0n) is 7.77. The van der Waals surface area contributed by atoms with Gasteiger partial charge in [-0.05, 0) is 16.9 Å². The molecule has 84 valence electrons. The molecule has 0 N–H and O–H groups in total. The summed E-state index contributed by atoms with van der Waals surface area (Å²) in [6, 6.07) is 0. The molecule has 0 aliphatic heterocycles. The zero-order valence-corrected chi connectivity index (χ0v) is 13.4. The summed E-state index contributed by atoms with van der Waals surface area (Å²) in [7, 11) is 6.73. The molecule has 0 amide bonds. The van der Waals surface area contributed by atoms with Crippen LogP contribution in [0.4, 0.5) is 0 Å². The van der Waals surface area contributed by atoms with E-state index < -0.39 is 0 Å². The Morgan fingerprint density at radius 2 is 1.79 bits per heavy atom. The van der Waals surface area contributed by atoms with Crippen LogP contribution in [-0.2, 0) is 13.6 Å². The van der Waals surface area contributed by atoms with Crippen LogP contribution in [0.25, 0.3) is 0 Å². The van der Waals surface area contributed by atoms with Gasteiger partial charge in [-0.15, -0.1) is 0 Å². The fourth-order valence-corrected chi connectivity index (χ4v) is 2.11. The summed E-state index contributed by atoms with van der Waals surface area (Å²) in [5, 5.41) is 0. The molecule has 7 heteroatoms. The first-order chi connectivity index (χ1) is 6.79. The highest BCUT2D eigenvalue weighted by atomic mass is 127. The van der Waals surface area contributed by atoms with E-state index in [1.165, 1.54) is 0 Å². The quantitative estimate of drug-likeness (QED) is 0.487. The maximum atomic E-state index is 5.26. The maximum absolute atomic E-state index is 5.26. The van der Waals surface area contributed by atoms with E-state index in [9.17, 15) is 0 Å². The Morgan fingerprint density at radius 1 is 1.14 bits per heavy atom. The fraction of sp³-hybridized carbons (Fsp3) is 0.714. The molecule has 3 unspecified atom stereocenters. The molecule has 0 heterocycles.